The maximum absolute atomic E-state index is 12.5. The lowest BCUT2D eigenvalue weighted by molar-refractivity contribution is -0.119. The van der Waals surface area contributed by atoms with Gasteiger partial charge in [0.05, 0.1) is 7.11 Å². The van der Waals surface area contributed by atoms with Crippen LogP contribution in [0, 0.1) is 0 Å². The van der Waals surface area contributed by atoms with Crippen LogP contribution in [0.3, 0.4) is 0 Å². The van der Waals surface area contributed by atoms with Crippen molar-refractivity contribution in [2.75, 3.05) is 18.6 Å². The van der Waals surface area contributed by atoms with Crippen LogP contribution in [-0.4, -0.2) is 31.6 Å². The molecule has 0 aromatic heterocycles. The molecular weight excluding hydrogens is 445 g/mol. The van der Waals surface area contributed by atoms with Crippen LogP contribution in [-0.2, 0) is 17.8 Å². The number of halogens is 2. The Morgan fingerprint density at radius 3 is 2.59 bits per heavy atom. The number of carbonyl (C=O) groups excluding carboxylic acids is 1. The van der Waals surface area contributed by atoms with E-state index in [9.17, 15) is 4.79 Å². The Hall–Kier alpha value is -1.79. The first kappa shape index (κ1) is 26.5. The lowest BCUT2D eigenvalue weighted by atomic mass is 9.92. The minimum Gasteiger partial charge on any atom is -0.496 e. The number of piperidine rings is 1. The second-order valence-corrected chi connectivity index (χ2v) is 8.62. The molecule has 2 atom stereocenters. The van der Waals surface area contributed by atoms with E-state index in [4.69, 9.17) is 4.74 Å². The van der Waals surface area contributed by atoms with Crippen molar-refractivity contribution in [3.63, 3.8) is 0 Å². The lowest BCUT2D eigenvalue weighted by Crippen LogP contribution is -2.45. The summed E-state index contributed by atoms with van der Waals surface area (Å²) in [6.45, 7) is 5.91. The molecule has 0 aliphatic carbocycles. The van der Waals surface area contributed by atoms with Crippen LogP contribution >= 0.6 is 24.8 Å². The predicted octanol–water partition coefficient (Wildman–Crippen LogP) is 4.81. The standard InChI is InChI=1S/C25H33N3O2.2ClH/c1-17(2)28-22-14-20(23(30-3)15-19(22)11-12-24(28)29)16-27-21-10-7-13-26-25(21)18-8-5-4-6-9-18;;/h4-6,8-9,14-15,17,21,25-27H,7,10-13,16H2,1-3H3;2*1H. The molecule has 2 N–H and O–H groups in total. The first-order chi connectivity index (χ1) is 14.6. The Kier molecular flexibility index (Phi) is 9.83. The number of rotatable bonds is 6. The molecule has 176 valence electrons. The van der Waals surface area contributed by atoms with E-state index in [1.54, 1.807) is 7.11 Å². The number of nitrogens with one attached hydrogen (secondary N) is 2. The van der Waals surface area contributed by atoms with Crippen molar-refractivity contribution in [3.05, 3.63) is 59.2 Å². The largest absolute Gasteiger partial charge is 0.496 e. The van der Waals surface area contributed by atoms with Crippen LogP contribution < -0.4 is 20.3 Å². The number of carbonyl (C=O) groups is 1. The van der Waals surface area contributed by atoms with E-state index < -0.39 is 0 Å². The Morgan fingerprint density at radius 2 is 1.91 bits per heavy atom. The maximum atomic E-state index is 12.5. The van der Waals surface area contributed by atoms with E-state index in [1.807, 2.05) is 4.90 Å². The summed E-state index contributed by atoms with van der Waals surface area (Å²) in [6.07, 6.45) is 3.65. The van der Waals surface area contributed by atoms with E-state index >= 15 is 0 Å². The SMILES string of the molecule is COc1cc2c(cc1CNC1CCCNC1c1ccccc1)N(C(C)C)C(=O)CC2.Cl.Cl. The number of amides is 1. The van der Waals surface area contributed by atoms with Gasteiger partial charge in [0.25, 0.3) is 0 Å². The third-order valence-electron chi connectivity index (χ3n) is 6.31. The number of hydrogen-bond acceptors (Lipinski definition) is 4. The zero-order valence-electron chi connectivity index (χ0n) is 19.1. The highest BCUT2D eigenvalue weighted by molar-refractivity contribution is 5.97. The number of ether oxygens (including phenoxy) is 1. The van der Waals surface area contributed by atoms with Gasteiger partial charge >= 0.3 is 0 Å². The average Bonchev–Trinajstić information content (AvgIpc) is 2.77. The van der Waals surface area contributed by atoms with Gasteiger partial charge in [-0.25, -0.2) is 0 Å². The molecule has 5 nitrogen and oxygen atoms in total. The Morgan fingerprint density at radius 1 is 1.16 bits per heavy atom. The Balaban J connectivity index is 0.00000181. The zero-order chi connectivity index (χ0) is 21.1. The van der Waals surface area contributed by atoms with Crippen LogP contribution in [0.5, 0.6) is 5.75 Å². The van der Waals surface area contributed by atoms with Crippen molar-refractivity contribution in [2.45, 2.75) is 64.2 Å². The van der Waals surface area contributed by atoms with Crippen LogP contribution in [0.2, 0.25) is 0 Å². The fraction of sp³-hybridized carbons (Fsp3) is 0.480. The minimum atomic E-state index is 0. The van der Waals surface area contributed by atoms with Crippen molar-refractivity contribution < 1.29 is 9.53 Å². The number of aryl methyl sites for hydroxylation is 1. The first-order valence-corrected chi connectivity index (χ1v) is 11.1. The van der Waals surface area contributed by atoms with Gasteiger partial charge in [-0.2, -0.15) is 0 Å². The molecule has 2 aromatic carbocycles. The molecule has 2 unspecified atom stereocenters. The molecule has 0 saturated carbocycles. The zero-order valence-corrected chi connectivity index (χ0v) is 20.7. The second kappa shape index (κ2) is 11.9. The molecule has 4 rings (SSSR count). The number of methoxy groups -OCH3 is 1. The molecule has 2 aliphatic rings. The van der Waals surface area contributed by atoms with Gasteiger partial charge in [-0.1, -0.05) is 30.3 Å². The Labute approximate surface area is 204 Å². The summed E-state index contributed by atoms with van der Waals surface area (Å²) >= 11 is 0. The smallest absolute Gasteiger partial charge is 0.227 e. The Bertz CT molecular complexity index is 892. The van der Waals surface area contributed by atoms with Gasteiger partial charge in [0.15, 0.2) is 0 Å². The number of anilines is 1. The summed E-state index contributed by atoms with van der Waals surface area (Å²) in [5.74, 6) is 1.11. The highest BCUT2D eigenvalue weighted by Crippen LogP contribution is 2.35. The third kappa shape index (κ3) is 5.57. The maximum Gasteiger partial charge on any atom is 0.227 e. The number of fused-ring (bicyclic) bond motifs is 1. The predicted molar refractivity (Wildman–Crippen MR) is 135 cm³/mol. The van der Waals surface area contributed by atoms with Gasteiger partial charge in [0.1, 0.15) is 5.75 Å². The molecule has 32 heavy (non-hydrogen) atoms. The second-order valence-electron chi connectivity index (χ2n) is 8.62. The van der Waals surface area contributed by atoms with Crippen molar-refractivity contribution in [1.29, 1.82) is 0 Å². The van der Waals surface area contributed by atoms with Gasteiger partial charge in [0, 0.05) is 42.3 Å². The molecule has 2 aliphatic heterocycles. The van der Waals surface area contributed by atoms with E-state index in [-0.39, 0.29) is 36.8 Å². The first-order valence-electron chi connectivity index (χ1n) is 11.1. The number of benzene rings is 2. The fourth-order valence-corrected chi connectivity index (χ4v) is 4.83. The van der Waals surface area contributed by atoms with Crippen molar-refractivity contribution in [2.24, 2.45) is 0 Å². The number of hydrogen-bond donors (Lipinski definition) is 2. The van der Waals surface area contributed by atoms with Crippen molar-refractivity contribution >= 4 is 36.4 Å². The molecule has 0 spiro atoms. The third-order valence-corrected chi connectivity index (χ3v) is 6.31. The molecule has 1 fully saturated rings. The van der Waals surface area contributed by atoms with Gasteiger partial charge in [-0.05, 0) is 62.9 Å². The van der Waals surface area contributed by atoms with E-state index in [0.29, 0.717) is 25.0 Å². The van der Waals surface area contributed by atoms with Gasteiger partial charge in [0.2, 0.25) is 5.91 Å². The molecule has 2 heterocycles. The topological polar surface area (TPSA) is 53.6 Å². The quantitative estimate of drug-likeness (QED) is 0.623. The molecule has 1 amide bonds. The fourth-order valence-electron chi connectivity index (χ4n) is 4.83. The molecule has 7 heteroatoms. The summed E-state index contributed by atoms with van der Waals surface area (Å²) in [6, 6.07) is 15.8. The molecule has 2 aromatic rings. The summed E-state index contributed by atoms with van der Waals surface area (Å²) in [7, 11) is 1.73. The number of nitrogens with zero attached hydrogens (tertiary/aromatic N) is 1. The van der Waals surface area contributed by atoms with Crippen LogP contribution in [0.4, 0.5) is 5.69 Å². The summed E-state index contributed by atoms with van der Waals surface area (Å²) in [5.41, 5.74) is 4.67. The molecule has 0 bridgehead atoms. The van der Waals surface area contributed by atoms with Crippen LogP contribution in [0.1, 0.15) is 55.8 Å². The molecule has 1 saturated heterocycles. The van der Waals surface area contributed by atoms with E-state index in [2.05, 4.69) is 66.9 Å². The van der Waals surface area contributed by atoms with Gasteiger partial charge < -0.3 is 20.3 Å². The highest BCUT2D eigenvalue weighted by atomic mass is 35.5. The average molecular weight is 480 g/mol. The monoisotopic (exact) mass is 479 g/mol. The normalized spacial score (nSPS) is 20.2. The van der Waals surface area contributed by atoms with E-state index in [0.717, 1.165) is 42.8 Å². The summed E-state index contributed by atoms with van der Waals surface area (Å²) in [5, 5.41) is 7.46. The molecular formula is C25H35Cl2N3O2. The van der Waals surface area contributed by atoms with Crippen molar-refractivity contribution in [3.8, 4) is 5.75 Å². The summed E-state index contributed by atoms with van der Waals surface area (Å²) < 4.78 is 5.73. The highest BCUT2D eigenvalue weighted by Gasteiger charge is 2.29. The lowest BCUT2D eigenvalue weighted by Gasteiger charge is -2.35. The van der Waals surface area contributed by atoms with Gasteiger partial charge in [-0.15, -0.1) is 24.8 Å². The summed E-state index contributed by atoms with van der Waals surface area (Å²) in [4.78, 5) is 14.5. The van der Waals surface area contributed by atoms with Crippen molar-refractivity contribution in [1.82, 2.24) is 10.6 Å². The van der Waals surface area contributed by atoms with Crippen LogP contribution in [0.15, 0.2) is 42.5 Å². The minimum absolute atomic E-state index is 0. The van der Waals surface area contributed by atoms with Crippen LogP contribution in [0.25, 0.3) is 0 Å². The van der Waals surface area contributed by atoms with E-state index in [1.165, 1.54) is 11.1 Å². The van der Waals surface area contributed by atoms with Gasteiger partial charge in [-0.3, -0.25) is 4.79 Å². The molecule has 0 radical (unpaired) electrons.